The van der Waals surface area contributed by atoms with E-state index < -0.39 is 4.92 Å². The van der Waals surface area contributed by atoms with Crippen molar-refractivity contribution in [3.8, 4) is 0 Å². The molecule has 0 aliphatic heterocycles. The SMILES string of the molecule is CN(Cc1ccsc1)C(=O)Nc1cccc([N+](=O)[O-])c1. The minimum atomic E-state index is -0.495. The Balaban J connectivity index is 2.00. The summed E-state index contributed by atoms with van der Waals surface area (Å²) in [6.07, 6.45) is 0. The van der Waals surface area contributed by atoms with Crippen LogP contribution in [0.4, 0.5) is 16.2 Å². The number of anilines is 1. The number of carbonyl (C=O) groups excluding carboxylic acids is 1. The lowest BCUT2D eigenvalue weighted by molar-refractivity contribution is -0.384. The Morgan fingerprint density at radius 3 is 2.90 bits per heavy atom. The molecule has 0 unspecified atom stereocenters. The zero-order valence-electron chi connectivity index (χ0n) is 10.8. The van der Waals surface area contributed by atoms with E-state index in [9.17, 15) is 14.9 Å². The van der Waals surface area contributed by atoms with E-state index in [0.29, 0.717) is 12.2 Å². The van der Waals surface area contributed by atoms with Gasteiger partial charge in [0.05, 0.1) is 4.92 Å². The molecule has 2 aromatic rings. The normalized spacial score (nSPS) is 10.1. The van der Waals surface area contributed by atoms with Crippen LogP contribution in [0.2, 0.25) is 0 Å². The van der Waals surface area contributed by atoms with Gasteiger partial charge in [0.2, 0.25) is 0 Å². The van der Waals surface area contributed by atoms with Crippen molar-refractivity contribution in [1.29, 1.82) is 0 Å². The molecule has 0 atom stereocenters. The van der Waals surface area contributed by atoms with Crippen LogP contribution in [0.25, 0.3) is 0 Å². The van der Waals surface area contributed by atoms with Crippen molar-refractivity contribution in [2.75, 3.05) is 12.4 Å². The van der Waals surface area contributed by atoms with Crippen LogP contribution in [0.1, 0.15) is 5.56 Å². The third kappa shape index (κ3) is 3.55. The van der Waals surface area contributed by atoms with Gasteiger partial charge in [-0.1, -0.05) is 6.07 Å². The van der Waals surface area contributed by atoms with Gasteiger partial charge in [0.1, 0.15) is 0 Å². The fourth-order valence-corrected chi connectivity index (χ4v) is 2.30. The molecule has 1 aromatic heterocycles. The van der Waals surface area contributed by atoms with Crippen molar-refractivity contribution in [2.24, 2.45) is 0 Å². The first-order valence-electron chi connectivity index (χ1n) is 5.84. The number of non-ortho nitro benzene ring substituents is 1. The van der Waals surface area contributed by atoms with Gasteiger partial charge in [-0.3, -0.25) is 10.1 Å². The molecular weight excluding hydrogens is 278 g/mol. The average Bonchev–Trinajstić information content (AvgIpc) is 2.91. The van der Waals surface area contributed by atoms with Gasteiger partial charge >= 0.3 is 6.03 Å². The molecule has 2 rings (SSSR count). The number of nitrogens with zero attached hydrogens (tertiary/aromatic N) is 2. The molecule has 0 spiro atoms. The van der Waals surface area contributed by atoms with E-state index in [2.05, 4.69) is 5.32 Å². The van der Waals surface area contributed by atoms with Gasteiger partial charge in [0, 0.05) is 31.4 Å². The van der Waals surface area contributed by atoms with Crippen LogP contribution in [0.5, 0.6) is 0 Å². The Morgan fingerprint density at radius 2 is 2.25 bits per heavy atom. The monoisotopic (exact) mass is 291 g/mol. The molecule has 0 radical (unpaired) electrons. The van der Waals surface area contributed by atoms with Crippen LogP contribution in [0, 0.1) is 10.1 Å². The second-order valence-corrected chi connectivity index (χ2v) is 5.01. The van der Waals surface area contributed by atoms with Crippen molar-refractivity contribution in [2.45, 2.75) is 6.54 Å². The molecule has 0 bridgehead atoms. The number of amides is 2. The average molecular weight is 291 g/mol. The topological polar surface area (TPSA) is 75.5 Å². The molecule has 0 saturated heterocycles. The van der Waals surface area contributed by atoms with Gasteiger partial charge in [-0.2, -0.15) is 11.3 Å². The molecule has 0 fully saturated rings. The highest BCUT2D eigenvalue weighted by Crippen LogP contribution is 2.17. The highest BCUT2D eigenvalue weighted by molar-refractivity contribution is 7.07. The number of nitro benzene ring substituents is 1. The second kappa shape index (κ2) is 6.16. The minimum Gasteiger partial charge on any atom is -0.323 e. The molecule has 0 aliphatic carbocycles. The summed E-state index contributed by atoms with van der Waals surface area (Å²) in [5.74, 6) is 0. The zero-order chi connectivity index (χ0) is 14.5. The van der Waals surface area contributed by atoms with Crippen molar-refractivity contribution in [3.63, 3.8) is 0 Å². The van der Waals surface area contributed by atoms with Gasteiger partial charge in [-0.25, -0.2) is 4.79 Å². The number of hydrogen-bond acceptors (Lipinski definition) is 4. The molecular formula is C13H13N3O3S. The van der Waals surface area contributed by atoms with Crippen molar-refractivity contribution in [3.05, 3.63) is 56.8 Å². The lowest BCUT2D eigenvalue weighted by Crippen LogP contribution is -2.30. The Morgan fingerprint density at radius 1 is 1.45 bits per heavy atom. The first kappa shape index (κ1) is 14.0. The van der Waals surface area contributed by atoms with E-state index >= 15 is 0 Å². The molecule has 0 aliphatic rings. The number of urea groups is 1. The summed E-state index contributed by atoms with van der Waals surface area (Å²) in [5, 5.41) is 17.2. The standard InChI is InChI=1S/C13H13N3O3S/c1-15(8-10-5-6-20-9-10)13(17)14-11-3-2-4-12(7-11)16(18)19/h2-7,9H,8H2,1H3,(H,14,17). The summed E-state index contributed by atoms with van der Waals surface area (Å²) in [7, 11) is 1.67. The lowest BCUT2D eigenvalue weighted by atomic mass is 10.3. The quantitative estimate of drug-likeness (QED) is 0.693. The van der Waals surface area contributed by atoms with Crippen LogP contribution in [-0.4, -0.2) is 22.9 Å². The number of nitro groups is 1. The summed E-state index contributed by atoms with van der Waals surface area (Å²) in [5.41, 5.74) is 1.40. The van der Waals surface area contributed by atoms with E-state index in [-0.39, 0.29) is 11.7 Å². The van der Waals surface area contributed by atoms with E-state index in [0.717, 1.165) is 5.56 Å². The molecule has 1 aromatic carbocycles. The molecule has 6 nitrogen and oxygen atoms in total. The number of nitrogens with one attached hydrogen (secondary N) is 1. The molecule has 104 valence electrons. The first-order chi connectivity index (χ1) is 9.56. The largest absolute Gasteiger partial charge is 0.323 e. The maximum absolute atomic E-state index is 12.0. The number of thiophene rings is 1. The summed E-state index contributed by atoms with van der Waals surface area (Å²) < 4.78 is 0. The molecule has 7 heteroatoms. The van der Waals surface area contributed by atoms with Crippen LogP contribution >= 0.6 is 11.3 Å². The van der Waals surface area contributed by atoms with Crippen molar-refractivity contribution in [1.82, 2.24) is 4.90 Å². The third-order valence-corrected chi connectivity index (χ3v) is 3.39. The molecule has 1 N–H and O–H groups in total. The van der Waals surface area contributed by atoms with Crippen molar-refractivity contribution >= 4 is 28.7 Å². The van der Waals surface area contributed by atoms with Crippen LogP contribution in [-0.2, 0) is 6.54 Å². The van der Waals surface area contributed by atoms with Crippen LogP contribution in [0.3, 0.4) is 0 Å². The van der Waals surface area contributed by atoms with Crippen LogP contribution in [0.15, 0.2) is 41.1 Å². The van der Waals surface area contributed by atoms with E-state index in [4.69, 9.17) is 0 Å². The van der Waals surface area contributed by atoms with E-state index in [1.165, 1.54) is 23.1 Å². The molecule has 0 saturated carbocycles. The summed E-state index contributed by atoms with van der Waals surface area (Å²) in [6.45, 7) is 0.490. The molecule has 2 amide bonds. The van der Waals surface area contributed by atoms with E-state index in [1.54, 1.807) is 24.5 Å². The Kier molecular flexibility index (Phi) is 4.31. The minimum absolute atomic E-state index is 0.0525. The lowest BCUT2D eigenvalue weighted by Gasteiger charge is -2.17. The van der Waals surface area contributed by atoms with Crippen LogP contribution < -0.4 is 5.32 Å². The number of benzene rings is 1. The smallest absolute Gasteiger partial charge is 0.321 e. The fraction of sp³-hybridized carbons (Fsp3) is 0.154. The Hall–Kier alpha value is -2.41. The predicted octanol–water partition coefficient (Wildman–Crippen LogP) is 3.32. The highest BCUT2D eigenvalue weighted by atomic mass is 32.1. The molecule has 20 heavy (non-hydrogen) atoms. The zero-order valence-corrected chi connectivity index (χ0v) is 11.6. The van der Waals surface area contributed by atoms with Gasteiger partial charge in [-0.15, -0.1) is 0 Å². The third-order valence-electron chi connectivity index (χ3n) is 2.65. The maximum Gasteiger partial charge on any atom is 0.321 e. The van der Waals surface area contributed by atoms with Gasteiger partial charge in [-0.05, 0) is 28.5 Å². The van der Waals surface area contributed by atoms with Gasteiger partial charge < -0.3 is 10.2 Å². The van der Waals surface area contributed by atoms with Crippen molar-refractivity contribution < 1.29 is 9.72 Å². The van der Waals surface area contributed by atoms with E-state index in [1.807, 2.05) is 16.8 Å². The Labute approximate surface area is 119 Å². The Bertz CT molecular complexity index is 613. The van der Waals surface area contributed by atoms with Gasteiger partial charge in [0.15, 0.2) is 0 Å². The highest BCUT2D eigenvalue weighted by Gasteiger charge is 2.11. The summed E-state index contributed by atoms with van der Waals surface area (Å²) >= 11 is 1.57. The maximum atomic E-state index is 12.0. The summed E-state index contributed by atoms with van der Waals surface area (Å²) in [6, 6.07) is 7.50. The van der Waals surface area contributed by atoms with Gasteiger partial charge in [0.25, 0.3) is 5.69 Å². The predicted molar refractivity (Wildman–Crippen MR) is 77.9 cm³/mol. The first-order valence-corrected chi connectivity index (χ1v) is 6.78. The number of hydrogen-bond donors (Lipinski definition) is 1. The number of rotatable bonds is 4. The fourth-order valence-electron chi connectivity index (χ4n) is 1.64. The second-order valence-electron chi connectivity index (χ2n) is 4.23. The summed E-state index contributed by atoms with van der Waals surface area (Å²) in [4.78, 5) is 23.7. The molecule has 1 heterocycles. The number of carbonyl (C=O) groups is 1.